The Morgan fingerprint density at radius 3 is 2.58 bits per heavy atom. The van der Waals surface area contributed by atoms with Crippen LogP contribution in [0.3, 0.4) is 0 Å². The monoisotopic (exact) mass is 531 g/mol. The third-order valence-electron chi connectivity index (χ3n) is 4.52. The summed E-state index contributed by atoms with van der Waals surface area (Å²) in [5.74, 6) is -1.59. The van der Waals surface area contributed by atoms with Gasteiger partial charge in [-0.15, -0.1) is 0 Å². The van der Waals surface area contributed by atoms with Gasteiger partial charge in [-0.05, 0) is 63.8 Å². The van der Waals surface area contributed by atoms with Gasteiger partial charge < -0.3 is 10.1 Å². The van der Waals surface area contributed by atoms with E-state index in [9.17, 15) is 14.0 Å². The number of carbonyl (C=O) groups excluding carboxylic acids is 2. The van der Waals surface area contributed by atoms with E-state index in [-0.39, 0.29) is 17.2 Å². The predicted octanol–water partition coefficient (Wildman–Crippen LogP) is 4.63. The van der Waals surface area contributed by atoms with Crippen LogP contribution in [0.2, 0.25) is 5.02 Å². The highest BCUT2D eigenvalue weighted by molar-refractivity contribution is 9.10. The lowest BCUT2D eigenvalue weighted by atomic mass is 10.1. The molecule has 0 aliphatic carbocycles. The third-order valence-corrected chi connectivity index (χ3v) is 5.49. The van der Waals surface area contributed by atoms with Crippen LogP contribution in [0.5, 0.6) is 5.75 Å². The summed E-state index contributed by atoms with van der Waals surface area (Å²) in [5.41, 5.74) is 4.16. The van der Waals surface area contributed by atoms with Gasteiger partial charge in [0.2, 0.25) is 0 Å². The fourth-order valence-electron chi connectivity index (χ4n) is 2.80. The highest BCUT2D eigenvalue weighted by Gasteiger charge is 2.12. The first-order valence-corrected chi connectivity index (χ1v) is 11.1. The first-order chi connectivity index (χ1) is 15.9. The Hall–Kier alpha value is -3.23. The molecule has 0 aliphatic heterocycles. The van der Waals surface area contributed by atoms with Crippen LogP contribution in [0.25, 0.3) is 0 Å². The average Bonchev–Trinajstić information content (AvgIpc) is 2.80. The van der Waals surface area contributed by atoms with Crippen LogP contribution in [-0.2, 0) is 22.6 Å². The van der Waals surface area contributed by atoms with Crippen molar-refractivity contribution in [1.29, 1.82) is 0 Å². The van der Waals surface area contributed by atoms with Crippen molar-refractivity contribution in [3.8, 4) is 5.75 Å². The molecule has 0 aromatic heterocycles. The molecular formula is C24H20BrClFN3O3. The third kappa shape index (κ3) is 7.40. The number of nitrogens with zero attached hydrogens (tertiary/aromatic N) is 1. The fourth-order valence-corrected chi connectivity index (χ4v) is 3.52. The number of amides is 2. The number of carbonyl (C=O) groups is 2. The summed E-state index contributed by atoms with van der Waals surface area (Å²) in [6.07, 6.45) is 2.01. The zero-order valence-corrected chi connectivity index (χ0v) is 19.7. The topological polar surface area (TPSA) is 79.8 Å². The molecule has 0 saturated heterocycles. The van der Waals surface area contributed by atoms with Gasteiger partial charge in [-0.2, -0.15) is 5.10 Å². The van der Waals surface area contributed by atoms with Gasteiger partial charge in [0.1, 0.15) is 18.2 Å². The highest BCUT2D eigenvalue weighted by atomic mass is 79.9. The van der Waals surface area contributed by atoms with Crippen molar-refractivity contribution in [1.82, 2.24) is 10.7 Å². The smallest absolute Gasteiger partial charge is 0.329 e. The molecule has 0 bridgehead atoms. The Labute approximate surface area is 203 Å². The maximum absolute atomic E-state index is 13.9. The van der Waals surface area contributed by atoms with Gasteiger partial charge in [0.25, 0.3) is 0 Å². The van der Waals surface area contributed by atoms with Crippen molar-refractivity contribution in [3.63, 3.8) is 0 Å². The first kappa shape index (κ1) is 24.4. The molecule has 0 spiro atoms. The second-order valence-corrected chi connectivity index (χ2v) is 8.13. The van der Waals surface area contributed by atoms with Crippen LogP contribution < -0.4 is 15.5 Å². The Balaban J connectivity index is 1.47. The molecule has 170 valence electrons. The quantitative estimate of drug-likeness (QED) is 0.252. The van der Waals surface area contributed by atoms with Gasteiger partial charge >= 0.3 is 11.8 Å². The normalized spacial score (nSPS) is 10.8. The standard InChI is InChI=1S/C24H20BrClFN3O3/c25-19-13-17(9-10-22(19)33-15-18-20(26)7-4-8-21(18)27)14-29-30-24(32)23(31)28-12-11-16-5-2-1-3-6-16/h1-10,13-14H,11-12,15H2,(H,28,31)(H,30,32)/b29-14-. The van der Waals surface area contributed by atoms with Crippen LogP contribution in [0.4, 0.5) is 4.39 Å². The summed E-state index contributed by atoms with van der Waals surface area (Å²) < 4.78 is 20.1. The number of hydrogen-bond donors (Lipinski definition) is 2. The van der Waals surface area contributed by atoms with Gasteiger partial charge in [0.15, 0.2) is 0 Å². The largest absolute Gasteiger partial charge is 0.488 e. The number of ether oxygens (including phenoxy) is 1. The first-order valence-electron chi connectivity index (χ1n) is 9.94. The van der Waals surface area contributed by atoms with Gasteiger partial charge in [-0.3, -0.25) is 9.59 Å². The van der Waals surface area contributed by atoms with E-state index >= 15 is 0 Å². The van der Waals surface area contributed by atoms with E-state index in [1.54, 1.807) is 24.3 Å². The summed E-state index contributed by atoms with van der Waals surface area (Å²) in [6, 6.07) is 19.1. The predicted molar refractivity (Wildman–Crippen MR) is 129 cm³/mol. The van der Waals surface area contributed by atoms with Crippen LogP contribution in [0.1, 0.15) is 16.7 Å². The molecule has 33 heavy (non-hydrogen) atoms. The molecule has 0 unspecified atom stereocenters. The number of hydrazone groups is 1. The molecule has 2 N–H and O–H groups in total. The zero-order chi connectivity index (χ0) is 23.6. The molecule has 0 radical (unpaired) electrons. The fraction of sp³-hybridized carbons (Fsp3) is 0.125. The average molecular weight is 533 g/mol. The van der Waals surface area contributed by atoms with E-state index in [0.717, 1.165) is 5.56 Å². The Morgan fingerprint density at radius 1 is 1.06 bits per heavy atom. The SMILES string of the molecule is O=C(NCCc1ccccc1)C(=O)N/N=C\c1ccc(OCc2c(F)cccc2Cl)c(Br)c1. The maximum Gasteiger partial charge on any atom is 0.329 e. The molecule has 3 aromatic carbocycles. The van der Waals surface area contributed by atoms with E-state index in [1.807, 2.05) is 30.3 Å². The van der Waals surface area contributed by atoms with Gasteiger partial charge in [-0.1, -0.05) is 48.0 Å². The molecule has 2 amide bonds. The molecule has 0 saturated carbocycles. The molecule has 6 nitrogen and oxygen atoms in total. The summed E-state index contributed by atoms with van der Waals surface area (Å²) >= 11 is 9.39. The lowest BCUT2D eigenvalue weighted by molar-refractivity contribution is -0.139. The summed E-state index contributed by atoms with van der Waals surface area (Å²) in [7, 11) is 0. The Bertz CT molecular complexity index is 1140. The number of benzene rings is 3. The minimum Gasteiger partial charge on any atom is -0.488 e. The number of nitrogens with one attached hydrogen (secondary N) is 2. The maximum atomic E-state index is 13.9. The van der Waals surface area contributed by atoms with E-state index in [1.165, 1.54) is 18.3 Å². The van der Waals surface area contributed by atoms with Crippen LogP contribution in [-0.4, -0.2) is 24.6 Å². The summed E-state index contributed by atoms with van der Waals surface area (Å²) in [5, 5.41) is 6.64. The van der Waals surface area contributed by atoms with Crippen molar-refractivity contribution in [3.05, 3.63) is 98.7 Å². The molecule has 3 rings (SSSR count). The van der Waals surface area contributed by atoms with Gasteiger partial charge in [-0.25, -0.2) is 9.82 Å². The number of halogens is 3. The molecule has 0 heterocycles. The van der Waals surface area contributed by atoms with Gasteiger partial charge in [0.05, 0.1) is 15.7 Å². The number of rotatable bonds is 8. The van der Waals surface area contributed by atoms with Crippen LogP contribution in [0.15, 0.2) is 76.3 Å². The summed E-state index contributed by atoms with van der Waals surface area (Å²) in [4.78, 5) is 23.7. The van der Waals surface area contributed by atoms with Crippen LogP contribution in [0, 0.1) is 5.82 Å². The Morgan fingerprint density at radius 2 is 1.85 bits per heavy atom. The molecule has 0 fully saturated rings. The molecule has 0 aliphatic rings. The minimum absolute atomic E-state index is 0.0347. The van der Waals surface area contributed by atoms with Crippen molar-refractivity contribution < 1.29 is 18.7 Å². The van der Waals surface area contributed by atoms with Crippen molar-refractivity contribution in [2.45, 2.75) is 13.0 Å². The summed E-state index contributed by atoms with van der Waals surface area (Å²) in [6.45, 7) is 0.305. The number of hydrogen-bond acceptors (Lipinski definition) is 4. The Kier molecular flexibility index (Phi) is 8.97. The molecule has 0 atom stereocenters. The lowest BCUT2D eigenvalue weighted by Crippen LogP contribution is -2.38. The van der Waals surface area contributed by atoms with Gasteiger partial charge in [0, 0.05) is 12.1 Å². The van der Waals surface area contributed by atoms with E-state index in [0.29, 0.717) is 28.8 Å². The van der Waals surface area contributed by atoms with E-state index in [2.05, 4.69) is 31.8 Å². The van der Waals surface area contributed by atoms with Crippen LogP contribution >= 0.6 is 27.5 Å². The molecule has 3 aromatic rings. The second kappa shape index (κ2) is 12.1. The molecule has 9 heteroatoms. The van der Waals surface area contributed by atoms with Crippen molar-refractivity contribution in [2.75, 3.05) is 6.54 Å². The van der Waals surface area contributed by atoms with Crippen molar-refractivity contribution >= 4 is 45.6 Å². The molecular weight excluding hydrogens is 513 g/mol. The highest BCUT2D eigenvalue weighted by Crippen LogP contribution is 2.28. The second-order valence-electron chi connectivity index (χ2n) is 6.87. The lowest BCUT2D eigenvalue weighted by Gasteiger charge is -2.10. The zero-order valence-electron chi connectivity index (χ0n) is 17.4. The van der Waals surface area contributed by atoms with Crippen molar-refractivity contribution in [2.24, 2.45) is 5.10 Å². The van der Waals surface area contributed by atoms with E-state index < -0.39 is 17.6 Å². The van der Waals surface area contributed by atoms with E-state index in [4.69, 9.17) is 16.3 Å². The minimum atomic E-state index is -0.861.